The van der Waals surface area contributed by atoms with Crippen molar-refractivity contribution in [1.82, 2.24) is 15.0 Å². The summed E-state index contributed by atoms with van der Waals surface area (Å²) < 4.78 is 13.5. The minimum atomic E-state index is -0.437. The fourth-order valence-corrected chi connectivity index (χ4v) is 1.93. The molecule has 0 radical (unpaired) electrons. The van der Waals surface area contributed by atoms with E-state index in [0.717, 1.165) is 0 Å². The van der Waals surface area contributed by atoms with E-state index in [1.807, 2.05) is 6.92 Å². The minimum Gasteiger partial charge on any atom is -0.241 e. The van der Waals surface area contributed by atoms with Gasteiger partial charge in [-0.15, -0.1) is 11.3 Å². The number of nitrogens with zero attached hydrogens (tertiary/aromatic N) is 3. The first-order chi connectivity index (χ1) is 7.22. The highest BCUT2D eigenvalue weighted by molar-refractivity contribution is 7.07. The van der Waals surface area contributed by atoms with Gasteiger partial charge in [-0.2, -0.15) is 9.37 Å². The van der Waals surface area contributed by atoms with E-state index < -0.39 is 5.95 Å². The quantitative estimate of drug-likeness (QED) is 0.734. The van der Waals surface area contributed by atoms with Crippen molar-refractivity contribution < 1.29 is 4.39 Å². The number of hydrogen-bond acceptors (Lipinski definition) is 4. The largest absolute Gasteiger partial charge is 0.241 e. The van der Waals surface area contributed by atoms with Crippen LogP contribution in [0.4, 0.5) is 4.39 Å². The third-order valence-electron chi connectivity index (χ3n) is 2.18. The van der Waals surface area contributed by atoms with Crippen LogP contribution in [0.25, 0.3) is 11.5 Å². The molecule has 15 heavy (non-hydrogen) atoms. The molecule has 0 aliphatic rings. The van der Waals surface area contributed by atoms with Crippen molar-refractivity contribution in [2.45, 2.75) is 20.3 Å². The molecule has 0 N–H and O–H groups in total. The molecule has 2 aromatic heterocycles. The second-order valence-corrected chi connectivity index (χ2v) is 3.85. The Hall–Kier alpha value is -1.36. The highest BCUT2D eigenvalue weighted by Gasteiger charge is 2.11. The average Bonchev–Trinajstić information content (AvgIpc) is 2.69. The average molecular weight is 223 g/mol. The van der Waals surface area contributed by atoms with E-state index in [0.29, 0.717) is 29.2 Å². The van der Waals surface area contributed by atoms with Gasteiger partial charge in [0.2, 0.25) is 5.95 Å². The predicted octanol–water partition coefficient (Wildman–Crippen LogP) is 2.61. The van der Waals surface area contributed by atoms with E-state index >= 15 is 0 Å². The molecule has 0 bridgehead atoms. The zero-order valence-corrected chi connectivity index (χ0v) is 9.31. The van der Waals surface area contributed by atoms with E-state index in [1.165, 1.54) is 11.3 Å². The zero-order chi connectivity index (χ0) is 10.8. The predicted molar refractivity (Wildman–Crippen MR) is 57.2 cm³/mol. The molecule has 0 fully saturated rings. The van der Waals surface area contributed by atoms with Crippen LogP contribution in [0.2, 0.25) is 0 Å². The van der Waals surface area contributed by atoms with Gasteiger partial charge >= 0.3 is 0 Å². The van der Waals surface area contributed by atoms with Crippen LogP contribution in [0, 0.1) is 12.9 Å². The Morgan fingerprint density at radius 2 is 2.20 bits per heavy atom. The molecule has 0 aliphatic carbocycles. The van der Waals surface area contributed by atoms with Crippen LogP contribution in [0.5, 0.6) is 0 Å². The summed E-state index contributed by atoms with van der Waals surface area (Å²) in [6.45, 7) is 3.68. The van der Waals surface area contributed by atoms with Gasteiger partial charge in [-0.05, 0) is 13.3 Å². The lowest BCUT2D eigenvalue weighted by atomic mass is 10.2. The molecule has 3 nitrogen and oxygen atoms in total. The van der Waals surface area contributed by atoms with E-state index in [-0.39, 0.29) is 0 Å². The highest BCUT2D eigenvalue weighted by Crippen LogP contribution is 2.18. The summed E-state index contributed by atoms with van der Waals surface area (Å²) in [7, 11) is 0. The van der Waals surface area contributed by atoms with Crippen molar-refractivity contribution in [2.24, 2.45) is 0 Å². The Balaban J connectivity index is 2.53. The Bertz CT molecular complexity index is 445. The molecule has 0 amide bonds. The number of thiazole rings is 1. The first kappa shape index (κ1) is 10.2. The lowest BCUT2D eigenvalue weighted by Crippen LogP contribution is -2.02. The summed E-state index contributed by atoms with van der Waals surface area (Å²) in [6.07, 6.45) is 0.606. The van der Waals surface area contributed by atoms with E-state index in [1.54, 1.807) is 17.8 Å². The monoisotopic (exact) mass is 223 g/mol. The molecule has 78 valence electrons. The molecule has 2 aromatic rings. The van der Waals surface area contributed by atoms with Gasteiger partial charge in [-0.3, -0.25) is 0 Å². The summed E-state index contributed by atoms with van der Waals surface area (Å²) in [5, 5.41) is 1.81. The van der Waals surface area contributed by atoms with Crippen molar-refractivity contribution in [3.05, 3.63) is 28.1 Å². The Morgan fingerprint density at radius 3 is 2.73 bits per heavy atom. The molecule has 0 saturated carbocycles. The first-order valence-electron chi connectivity index (χ1n) is 4.64. The van der Waals surface area contributed by atoms with Gasteiger partial charge < -0.3 is 0 Å². The normalized spacial score (nSPS) is 10.6. The molecule has 0 aromatic carbocycles. The Kier molecular flexibility index (Phi) is 2.73. The van der Waals surface area contributed by atoms with Gasteiger partial charge in [0.05, 0.1) is 5.51 Å². The topological polar surface area (TPSA) is 38.7 Å². The maximum absolute atomic E-state index is 13.5. The van der Waals surface area contributed by atoms with Crippen molar-refractivity contribution in [2.75, 3.05) is 0 Å². The maximum atomic E-state index is 13.5. The Morgan fingerprint density at radius 1 is 1.40 bits per heavy atom. The van der Waals surface area contributed by atoms with Gasteiger partial charge in [-0.25, -0.2) is 9.97 Å². The number of halogens is 1. The van der Waals surface area contributed by atoms with E-state index in [2.05, 4.69) is 15.0 Å². The van der Waals surface area contributed by atoms with Crippen LogP contribution < -0.4 is 0 Å². The summed E-state index contributed by atoms with van der Waals surface area (Å²) in [4.78, 5) is 12.1. The van der Waals surface area contributed by atoms with Gasteiger partial charge in [0.25, 0.3) is 0 Å². The second kappa shape index (κ2) is 4.02. The molecule has 0 spiro atoms. The lowest BCUT2D eigenvalue weighted by Gasteiger charge is -2.04. The van der Waals surface area contributed by atoms with E-state index in [4.69, 9.17) is 0 Å². The standard InChI is InChI=1S/C10H10FN3S/c1-3-7-6(2)13-10(14-9(7)11)8-4-15-5-12-8/h4-5H,3H2,1-2H3. The highest BCUT2D eigenvalue weighted by atomic mass is 32.1. The number of aromatic nitrogens is 3. The van der Waals surface area contributed by atoms with Crippen LogP contribution in [-0.4, -0.2) is 15.0 Å². The Labute approximate surface area is 91.0 Å². The molecular weight excluding hydrogens is 213 g/mol. The number of aryl methyl sites for hydroxylation is 1. The number of rotatable bonds is 2. The zero-order valence-electron chi connectivity index (χ0n) is 8.49. The number of hydrogen-bond donors (Lipinski definition) is 0. The summed E-state index contributed by atoms with van der Waals surface area (Å²) >= 11 is 1.44. The van der Waals surface area contributed by atoms with Gasteiger partial charge in [0.15, 0.2) is 5.82 Å². The fraction of sp³-hybridized carbons (Fsp3) is 0.300. The van der Waals surface area contributed by atoms with Crippen LogP contribution >= 0.6 is 11.3 Å². The molecular formula is C10H10FN3S. The molecule has 0 saturated heterocycles. The summed E-state index contributed by atoms with van der Waals surface area (Å²) in [6, 6.07) is 0. The van der Waals surface area contributed by atoms with Crippen LogP contribution in [0.1, 0.15) is 18.2 Å². The molecule has 0 unspecified atom stereocenters. The minimum absolute atomic E-state index is 0.364. The molecule has 0 atom stereocenters. The smallest absolute Gasteiger partial charge is 0.219 e. The molecule has 2 rings (SSSR count). The van der Waals surface area contributed by atoms with Crippen molar-refractivity contribution in [3.8, 4) is 11.5 Å². The van der Waals surface area contributed by atoms with E-state index in [9.17, 15) is 4.39 Å². The van der Waals surface area contributed by atoms with Crippen LogP contribution in [-0.2, 0) is 6.42 Å². The maximum Gasteiger partial charge on any atom is 0.219 e. The molecule has 2 heterocycles. The molecule has 0 aliphatic heterocycles. The molecule has 5 heteroatoms. The van der Waals surface area contributed by atoms with Gasteiger partial charge in [0.1, 0.15) is 5.69 Å². The van der Waals surface area contributed by atoms with Crippen LogP contribution in [0.3, 0.4) is 0 Å². The first-order valence-corrected chi connectivity index (χ1v) is 5.58. The van der Waals surface area contributed by atoms with Gasteiger partial charge in [-0.1, -0.05) is 6.92 Å². The summed E-state index contributed by atoms with van der Waals surface area (Å²) in [5.41, 5.74) is 3.58. The second-order valence-electron chi connectivity index (χ2n) is 3.13. The van der Waals surface area contributed by atoms with Crippen LogP contribution in [0.15, 0.2) is 10.9 Å². The fourth-order valence-electron chi connectivity index (χ4n) is 1.40. The third kappa shape index (κ3) is 1.87. The SMILES string of the molecule is CCc1c(C)nc(-c2cscn2)nc1F. The van der Waals surface area contributed by atoms with Crippen molar-refractivity contribution in [1.29, 1.82) is 0 Å². The summed E-state index contributed by atoms with van der Waals surface area (Å²) in [5.74, 6) is -0.0727. The van der Waals surface area contributed by atoms with Gasteiger partial charge in [0, 0.05) is 16.6 Å². The lowest BCUT2D eigenvalue weighted by molar-refractivity contribution is 0.562. The van der Waals surface area contributed by atoms with Crippen molar-refractivity contribution >= 4 is 11.3 Å². The third-order valence-corrected chi connectivity index (χ3v) is 2.76. The van der Waals surface area contributed by atoms with Crippen molar-refractivity contribution in [3.63, 3.8) is 0 Å².